The van der Waals surface area contributed by atoms with E-state index in [0.717, 1.165) is 57.1 Å². The fourth-order valence-corrected chi connectivity index (χ4v) is 11.7. The van der Waals surface area contributed by atoms with Crippen molar-refractivity contribution >= 4 is 23.2 Å². The Morgan fingerprint density at radius 2 is 1.24 bits per heavy atom. The molecule has 2 aliphatic carbocycles. The van der Waals surface area contributed by atoms with Gasteiger partial charge in [0.2, 0.25) is 11.6 Å². The average molecular weight is 790 g/mol. The van der Waals surface area contributed by atoms with Gasteiger partial charge in [-0.25, -0.2) is 19.6 Å². The smallest absolute Gasteiger partial charge is 0.201 e. The quantitative estimate of drug-likeness (QED) is 0.114. The average Bonchev–Trinajstić information content (AvgIpc) is 3.54. The number of fused-ring (bicyclic) bond motifs is 4. The van der Waals surface area contributed by atoms with Gasteiger partial charge in [-0.05, 0) is 100 Å². The van der Waals surface area contributed by atoms with Crippen molar-refractivity contribution in [1.82, 2.24) is 5.32 Å². The van der Waals surface area contributed by atoms with Gasteiger partial charge in [-0.15, -0.1) is 0 Å². The molecule has 4 bridgehead atoms. The van der Waals surface area contributed by atoms with Gasteiger partial charge in [0.15, 0.2) is 42.3 Å². The molecular formula is C41H60ClN3O10. The number of benzene rings is 1. The summed E-state index contributed by atoms with van der Waals surface area (Å²) >= 11 is 6.18. The minimum absolute atomic E-state index is 0.0921. The molecule has 1 aromatic carbocycles. The van der Waals surface area contributed by atoms with E-state index in [1.807, 2.05) is 38.1 Å². The van der Waals surface area contributed by atoms with Crippen LogP contribution < -0.4 is 10.6 Å². The maximum Gasteiger partial charge on any atom is 0.201 e. The van der Waals surface area contributed by atoms with E-state index in [0.29, 0.717) is 61.0 Å². The number of hydrogen-bond acceptors (Lipinski definition) is 11. The molecule has 0 radical (unpaired) electrons. The molecule has 13 nitrogen and oxygen atoms in total. The molecule has 16 atom stereocenters. The summed E-state index contributed by atoms with van der Waals surface area (Å²) in [5.41, 5.74) is -0.372. The van der Waals surface area contributed by atoms with Gasteiger partial charge < -0.3 is 39.1 Å². The molecule has 1 aromatic rings. The Kier molecular flexibility index (Phi) is 10.5. The van der Waals surface area contributed by atoms with Gasteiger partial charge in [0.05, 0.1) is 19.8 Å². The first-order valence-electron chi connectivity index (χ1n) is 20.9. The molecule has 10 fully saturated rings. The van der Waals surface area contributed by atoms with Crippen molar-refractivity contribution in [3.05, 3.63) is 29.3 Å². The third-order valence-corrected chi connectivity index (χ3v) is 14.9. The van der Waals surface area contributed by atoms with E-state index in [1.165, 1.54) is 0 Å². The molecule has 14 heteroatoms. The zero-order valence-electron chi connectivity index (χ0n) is 33.1. The largest absolute Gasteiger partial charge is 0.354 e. The number of nitrogens with zero attached hydrogens (tertiary/aromatic N) is 1. The summed E-state index contributed by atoms with van der Waals surface area (Å²) in [6, 6.07) is 7.53. The van der Waals surface area contributed by atoms with Crippen LogP contribution in [0.4, 0.5) is 5.69 Å². The van der Waals surface area contributed by atoms with E-state index < -0.39 is 47.9 Å². The Morgan fingerprint density at radius 1 is 0.709 bits per heavy atom. The molecule has 10 aliphatic rings. The van der Waals surface area contributed by atoms with Crippen LogP contribution in [0.25, 0.3) is 0 Å². The maximum absolute atomic E-state index is 6.62. The van der Waals surface area contributed by atoms with Gasteiger partial charge >= 0.3 is 0 Å². The number of guanidine groups is 1. The van der Waals surface area contributed by atoms with Gasteiger partial charge in [0.1, 0.15) is 0 Å². The monoisotopic (exact) mass is 789 g/mol. The summed E-state index contributed by atoms with van der Waals surface area (Å²) in [6.07, 6.45) is 5.90. The molecule has 8 heterocycles. The second-order valence-electron chi connectivity index (χ2n) is 18.1. The number of halogens is 1. The van der Waals surface area contributed by atoms with Crippen molar-refractivity contribution < 1.29 is 48.0 Å². The Balaban J connectivity index is 0.829. The van der Waals surface area contributed by atoms with Gasteiger partial charge in [-0.3, -0.25) is 4.99 Å². The van der Waals surface area contributed by atoms with Crippen LogP contribution in [0.5, 0.6) is 0 Å². The van der Waals surface area contributed by atoms with Crippen LogP contribution >= 0.6 is 11.6 Å². The number of anilines is 1. The minimum atomic E-state index is -0.823. The zero-order chi connectivity index (χ0) is 38.2. The van der Waals surface area contributed by atoms with E-state index in [9.17, 15) is 0 Å². The van der Waals surface area contributed by atoms with E-state index in [1.54, 1.807) is 0 Å². The number of ether oxygens (including phenoxy) is 6. The predicted molar refractivity (Wildman–Crippen MR) is 201 cm³/mol. The highest BCUT2D eigenvalue weighted by Gasteiger charge is 2.71. The van der Waals surface area contributed by atoms with E-state index in [4.69, 9.17) is 64.6 Å². The zero-order valence-corrected chi connectivity index (χ0v) is 33.9. The molecule has 306 valence electrons. The third kappa shape index (κ3) is 6.75. The van der Waals surface area contributed by atoms with Crippen LogP contribution in [0.3, 0.4) is 0 Å². The standard InChI is InChI=1S/C41H60ClN3O10/c1-23-7-13-31-25(3)33(48-35-40(31)29(23)15-17-38(5,50-35)52-54-40)46-21-19-43-37(45-28-11-9-27(42)10-12-28)44-20-22-47-34-26(4)32-14-8-24(2)30-16-18-39(6)51-36(49-34)41(30,32)55-53-39/h9-12,23-26,29-36H,7-8,13-22H2,1-6H3,(H2,43,44,45)/t23-,24-,25-,26-,29+,30+,31+,32+,33+,34+,35-,36-,38-,39-,40-,41-/m1/s1. The highest BCUT2D eigenvalue weighted by atomic mass is 35.5. The van der Waals surface area contributed by atoms with Crippen molar-refractivity contribution in [2.75, 3.05) is 31.6 Å². The molecule has 55 heavy (non-hydrogen) atoms. The Bertz CT molecular complexity index is 1570. The van der Waals surface area contributed by atoms with Crippen LogP contribution in [-0.4, -0.2) is 80.2 Å². The summed E-state index contributed by atoms with van der Waals surface area (Å²) in [7, 11) is 0. The Hall–Kier alpha value is -1.62. The fourth-order valence-electron chi connectivity index (χ4n) is 11.6. The van der Waals surface area contributed by atoms with Crippen molar-refractivity contribution in [2.24, 2.45) is 52.3 Å². The van der Waals surface area contributed by atoms with Crippen molar-refractivity contribution in [3.63, 3.8) is 0 Å². The summed E-state index contributed by atoms with van der Waals surface area (Å²) in [4.78, 5) is 29.4. The topological polar surface area (TPSA) is 129 Å². The molecular weight excluding hydrogens is 730 g/mol. The molecule has 0 unspecified atom stereocenters. The SMILES string of the molecule is C[C@H]1[C@@H](OCCN=C(NCCO[C@H]2O[C@@H]3O[C@@]4(C)CC[C@H]5[C@H](C)CC[C@@H]([C@H]2C)[C@@]35OO4)Nc2ccc(Cl)cc2)O[C@@H]2O[C@@]3(C)CC[C@H]4[C@H](C)CC[C@@H]1[C@@]24OO3. The Labute approximate surface area is 329 Å². The first-order chi connectivity index (χ1) is 26.4. The van der Waals surface area contributed by atoms with Crippen LogP contribution in [0.2, 0.25) is 5.02 Å². The molecule has 8 saturated heterocycles. The minimum Gasteiger partial charge on any atom is -0.354 e. The molecule has 2 spiro atoms. The molecule has 2 saturated carbocycles. The highest BCUT2D eigenvalue weighted by Crippen LogP contribution is 2.62. The maximum atomic E-state index is 6.62. The highest BCUT2D eigenvalue weighted by molar-refractivity contribution is 6.30. The molecule has 0 amide bonds. The summed E-state index contributed by atoms with van der Waals surface area (Å²) in [6.45, 7) is 14.6. The van der Waals surface area contributed by atoms with E-state index in [-0.39, 0.29) is 23.7 Å². The number of rotatable bonds is 9. The second-order valence-corrected chi connectivity index (χ2v) is 18.5. The number of nitrogens with one attached hydrogen (secondary N) is 2. The van der Waals surface area contributed by atoms with Crippen molar-refractivity contribution in [2.45, 2.75) is 141 Å². The first kappa shape index (κ1) is 38.9. The Morgan fingerprint density at radius 3 is 1.78 bits per heavy atom. The molecule has 2 N–H and O–H groups in total. The van der Waals surface area contributed by atoms with Crippen LogP contribution in [0, 0.1) is 47.3 Å². The van der Waals surface area contributed by atoms with Gasteiger partial charge in [0.25, 0.3) is 0 Å². The first-order valence-corrected chi connectivity index (χ1v) is 21.3. The van der Waals surface area contributed by atoms with Gasteiger partial charge in [-0.2, -0.15) is 0 Å². The molecule has 11 rings (SSSR count). The van der Waals surface area contributed by atoms with Crippen LogP contribution in [-0.2, 0) is 48.0 Å². The summed E-state index contributed by atoms with van der Waals surface area (Å²) < 4.78 is 39.2. The van der Waals surface area contributed by atoms with Crippen molar-refractivity contribution in [1.29, 1.82) is 0 Å². The predicted octanol–water partition coefficient (Wildman–Crippen LogP) is 7.15. The summed E-state index contributed by atoms with van der Waals surface area (Å²) in [5.74, 6) is 1.18. The van der Waals surface area contributed by atoms with Gasteiger partial charge in [0, 0.05) is 53.8 Å². The lowest BCUT2D eigenvalue weighted by atomic mass is 9.58. The van der Waals surface area contributed by atoms with Crippen LogP contribution in [0.1, 0.15) is 92.9 Å². The third-order valence-electron chi connectivity index (χ3n) is 14.6. The van der Waals surface area contributed by atoms with Gasteiger partial charge in [-0.1, -0.05) is 39.3 Å². The fraction of sp³-hybridized carbons (Fsp3) is 0.829. The number of aliphatic imine (C=N–C) groups is 1. The second kappa shape index (κ2) is 14.9. The lowest BCUT2D eigenvalue weighted by molar-refractivity contribution is -0.577. The summed E-state index contributed by atoms with van der Waals surface area (Å²) in [5, 5.41) is 7.51. The van der Waals surface area contributed by atoms with Crippen molar-refractivity contribution in [3.8, 4) is 0 Å². The van der Waals surface area contributed by atoms with E-state index >= 15 is 0 Å². The molecule has 8 aliphatic heterocycles. The van der Waals surface area contributed by atoms with Crippen LogP contribution in [0.15, 0.2) is 29.3 Å². The number of hydrogen-bond donors (Lipinski definition) is 2. The normalized spacial score (nSPS) is 48.7. The molecule has 0 aromatic heterocycles. The lowest BCUT2D eigenvalue weighted by Gasteiger charge is -2.60. The lowest BCUT2D eigenvalue weighted by Crippen LogP contribution is -2.70. The van der Waals surface area contributed by atoms with E-state index in [2.05, 4.69) is 38.3 Å².